The summed E-state index contributed by atoms with van der Waals surface area (Å²) < 4.78 is 0. The Hall–Kier alpha value is -1.22. The second kappa shape index (κ2) is 7.27. The molecule has 0 bridgehead atoms. The first kappa shape index (κ1) is 14.8. The minimum atomic E-state index is -0.222. The smallest absolute Gasteiger partial charge is 0.319 e. The average molecular weight is 269 g/mol. The molecule has 0 aliphatic heterocycles. The normalized spacial score (nSPS) is 12.3. The molecule has 1 rings (SSSR count). The number of benzene rings is 1. The fourth-order valence-electron chi connectivity index (χ4n) is 1.63. The van der Waals surface area contributed by atoms with Gasteiger partial charge in [0.15, 0.2) is 0 Å². The van der Waals surface area contributed by atoms with E-state index in [2.05, 4.69) is 24.5 Å². The Labute approximate surface area is 114 Å². The number of urea groups is 1. The molecule has 1 aromatic rings. The van der Waals surface area contributed by atoms with Crippen LogP contribution >= 0.6 is 11.6 Å². The zero-order chi connectivity index (χ0) is 13.5. The van der Waals surface area contributed by atoms with Gasteiger partial charge in [0.2, 0.25) is 0 Å². The lowest BCUT2D eigenvalue weighted by Gasteiger charge is -2.12. The first-order valence-corrected chi connectivity index (χ1v) is 6.77. The molecule has 0 fully saturated rings. The van der Waals surface area contributed by atoms with Gasteiger partial charge in [-0.15, -0.1) is 11.6 Å². The van der Waals surface area contributed by atoms with Gasteiger partial charge in [-0.25, -0.2) is 4.79 Å². The van der Waals surface area contributed by atoms with Gasteiger partial charge in [-0.3, -0.25) is 0 Å². The standard InChI is InChI=1S/C14H21ClN2O/c1-10(2)8-12-4-6-13(7-5-12)17-14(18)16-11(3)9-15/h4-7,10-11H,8-9H2,1-3H3,(H2,16,17,18). The van der Waals surface area contributed by atoms with Gasteiger partial charge < -0.3 is 10.6 Å². The van der Waals surface area contributed by atoms with Crippen molar-refractivity contribution in [2.45, 2.75) is 33.2 Å². The summed E-state index contributed by atoms with van der Waals surface area (Å²) in [5, 5.41) is 5.52. The molecule has 1 unspecified atom stereocenters. The Bertz CT molecular complexity index is 376. The highest BCUT2D eigenvalue weighted by Gasteiger charge is 2.06. The molecule has 100 valence electrons. The molecule has 4 heteroatoms. The molecule has 0 spiro atoms. The van der Waals surface area contributed by atoms with Crippen molar-refractivity contribution in [1.29, 1.82) is 0 Å². The van der Waals surface area contributed by atoms with Gasteiger partial charge >= 0.3 is 6.03 Å². The highest BCUT2D eigenvalue weighted by molar-refractivity contribution is 6.18. The Morgan fingerprint density at radius 3 is 2.33 bits per heavy atom. The second-order valence-electron chi connectivity index (χ2n) is 4.95. The van der Waals surface area contributed by atoms with Crippen molar-refractivity contribution < 1.29 is 4.79 Å². The van der Waals surface area contributed by atoms with Crippen LogP contribution in [0.5, 0.6) is 0 Å². The molecule has 3 nitrogen and oxygen atoms in total. The van der Waals surface area contributed by atoms with E-state index in [1.807, 2.05) is 31.2 Å². The lowest BCUT2D eigenvalue weighted by molar-refractivity contribution is 0.250. The summed E-state index contributed by atoms with van der Waals surface area (Å²) in [5.74, 6) is 1.04. The highest BCUT2D eigenvalue weighted by Crippen LogP contribution is 2.12. The van der Waals surface area contributed by atoms with E-state index in [0.717, 1.165) is 12.1 Å². The van der Waals surface area contributed by atoms with Crippen molar-refractivity contribution in [3.05, 3.63) is 29.8 Å². The van der Waals surface area contributed by atoms with Crippen LogP contribution in [0.25, 0.3) is 0 Å². The molecule has 0 saturated heterocycles. The van der Waals surface area contributed by atoms with Crippen LogP contribution < -0.4 is 10.6 Å². The first-order valence-electron chi connectivity index (χ1n) is 6.23. The Kier molecular flexibility index (Phi) is 5.99. The number of halogens is 1. The monoisotopic (exact) mass is 268 g/mol. The third kappa shape index (κ3) is 5.41. The maximum atomic E-state index is 11.6. The number of rotatable bonds is 5. The maximum absolute atomic E-state index is 11.6. The van der Waals surface area contributed by atoms with Gasteiger partial charge in [0.25, 0.3) is 0 Å². The number of alkyl halides is 1. The molecule has 18 heavy (non-hydrogen) atoms. The van der Waals surface area contributed by atoms with E-state index < -0.39 is 0 Å². The first-order chi connectivity index (χ1) is 8.51. The topological polar surface area (TPSA) is 41.1 Å². The van der Waals surface area contributed by atoms with Gasteiger partial charge in [-0.1, -0.05) is 26.0 Å². The van der Waals surface area contributed by atoms with Gasteiger partial charge in [0, 0.05) is 17.6 Å². The van der Waals surface area contributed by atoms with E-state index >= 15 is 0 Å². The summed E-state index contributed by atoms with van der Waals surface area (Å²) in [6, 6.07) is 7.67. The maximum Gasteiger partial charge on any atom is 0.319 e. The molecule has 0 aliphatic carbocycles. The van der Waals surface area contributed by atoms with Crippen molar-refractivity contribution in [3.63, 3.8) is 0 Å². The van der Waals surface area contributed by atoms with Crippen LogP contribution in [0.3, 0.4) is 0 Å². The Balaban J connectivity index is 2.50. The Morgan fingerprint density at radius 1 is 1.22 bits per heavy atom. The predicted molar refractivity (Wildman–Crippen MR) is 77.3 cm³/mol. The van der Waals surface area contributed by atoms with Crippen molar-refractivity contribution in [1.82, 2.24) is 5.32 Å². The van der Waals surface area contributed by atoms with Crippen LogP contribution in [-0.2, 0) is 6.42 Å². The number of amides is 2. The number of hydrogen-bond acceptors (Lipinski definition) is 1. The lowest BCUT2D eigenvalue weighted by Crippen LogP contribution is -2.37. The molecule has 2 amide bonds. The fourth-order valence-corrected chi connectivity index (χ4v) is 1.70. The fraction of sp³-hybridized carbons (Fsp3) is 0.500. The van der Waals surface area contributed by atoms with Crippen LogP contribution in [0.1, 0.15) is 26.3 Å². The summed E-state index contributed by atoms with van der Waals surface area (Å²) in [6.45, 7) is 6.23. The lowest BCUT2D eigenvalue weighted by atomic mass is 10.0. The van der Waals surface area contributed by atoms with Crippen LogP contribution in [0.4, 0.5) is 10.5 Å². The third-order valence-electron chi connectivity index (χ3n) is 2.46. The van der Waals surface area contributed by atoms with E-state index in [-0.39, 0.29) is 12.1 Å². The summed E-state index contributed by atoms with van der Waals surface area (Å²) in [6.07, 6.45) is 1.05. The van der Waals surface area contributed by atoms with Crippen molar-refractivity contribution >= 4 is 23.3 Å². The number of carbonyl (C=O) groups is 1. The molecule has 0 aliphatic rings. The van der Waals surface area contributed by atoms with Gasteiger partial charge in [-0.05, 0) is 37.0 Å². The zero-order valence-electron chi connectivity index (χ0n) is 11.2. The minimum Gasteiger partial charge on any atom is -0.334 e. The summed E-state index contributed by atoms with van der Waals surface area (Å²) in [7, 11) is 0. The molecule has 0 saturated carbocycles. The largest absolute Gasteiger partial charge is 0.334 e. The second-order valence-corrected chi connectivity index (χ2v) is 5.26. The van der Waals surface area contributed by atoms with E-state index in [0.29, 0.717) is 11.8 Å². The molecule has 0 heterocycles. The van der Waals surface area contributed by atoms with Gasteiger partial charge in [-0.2, -0.15) is 0 Å². The Morgan fingerprint density at radius 2 is 1.83 bits per heavy atom. The summed E-state index contributed by atoms with van der Waals surface area (Å²) in [5.41, 5.74) is 2.08. The van der Waals surface area contributed by atoms with Gasteiger partial charge in [0.05, 0.1) is 0 Å². The molecule has 0 aromatic heterocycles. The van der Waals surface area contributed by atoms with Crippen LogP contribution in [0.15, 0.2) is 24.3 Å². The highest BCUT2D eigenvalue weighted by atomic mass is 35.5. The van der Waals surface area contributed by atoms with Crippen molar-refractivity contribution in [3.8, 4) is 0 Å². The number of anilines is 1. The van der Waals surface area contributed by atoms with Gasteiger partial charge in [0.1, 0.15) is 0 Å². The van der Waals surface area contributed by atoms with Crippen molar-refractivity contribution in [2.24, 2.45) is 5.92 Å². The van der Waals surface area contributed by atoms with Crippen LogP contribution in [0, 0.1) is 5.92 Å². The molecule has 1 aromatic carbocycles. The zero-order valence-corrected chi connectivity index (χ0v) is 11.9. The van der Waals surface area contributed by atoms with E-state index in [1.54, 1.807) is 0 Å². The molecular formula is C14H21ClN2O. The van der Waals surface area contributed by atoms with E-state index in [1.165, 1.54) is 5.56 Å². The minimum absolute atomic E-state index is 0.0353. The predicted octanol–water partition coefficient (Wildman–Crippen LogP) is 3.63. The number of carbonyl (C=O) groups excluding carboxylic acids is 1. The molecular weight excluding hydrogens is 248 g/mol. The molecule has 1 atom stereocenters. The van der Waals surface area contributed by atoms with Crippen LogP contribution in [0.2, 0.25) is 0 Å². The number of hydrogen-bond donors (Lipinski definition) is 2. The van der Waals surface area contributed by atoms with E-state index in [9.17, 15) is 4.79 Å². The van der Waals surface area contributed by atoms with Crippen molar-refractivity contribution in [2.75, 3.05) is 11.2 Å². The average Bonchev–Trinajstić information content (AvgIpc) is 2.30. The third-order valence-corrected chi connectivity index (χ3v) is 2.93. The summed E-state index contributed by atoms with van der Waals surface area (Å²) in [4.78, 5) is 11.6. The molecule has 0 radical (unpaired) electrons. The summed E-state index contributed by atoms with van der Waals surface area (Å²) >= 11 is 5.63. The quantitative estimate of drug-likeness (QED) is 0.787. The SMILES string of the molecule is CC(C)Cc1ccc(NC(=O)NC(C)CCl)cc1. The molecule has 2 N–H and O–H groups in total. The van der Waals surface area contributed by atoms with Crippen LogP contribution in [-0.4, -0.2) is 18.0 Å². The number of nitrogens with one attached hydrogen (secondary N) is 2. The van der Waals surface area contributed by atoms with E-state index in [4.69, 9.17) is 11.6 Å².